The minimum absolute atomic E-state index is 0.438. The third-order valence-corrected chi connectivity index (χ3v) is 3.10. The second kappa shape index (κ2) is 7.01. The maximum Gasteiger partial charge on any atom is 0.248 e. The Hall–Kier alpha value is -1.55. The Morgan fingerprint density at radius 2 is 2.06 bits per heavy atom. The Bertz CT molecular complexity index is 404. The number of hydrogen-bond donors (Lipinski definition) is 2. The van der Waals surface area contributed by atoms with Crippen molar-refractivity contribution >= 4 is 11.6 Å². The standard InChI is InChI=1S/C14H23N3O/c1-3-5-8-17(4-2)10-12-7-6-11(14(16)18)9-13(12)15/h6-7,9H,3-5,8,10,15H2,1-2H3,(H2,16,18). The van der Waals surface area contributed by atoms with Gasteiger partial charge in [-0.15, -0.1) is 0 Å². The van der Waals surface area contributed by atoms with Crippen LogP contribution in [-0.2, 0) is 6.54 Å². The van der Waals surface area contributed by atoms with Crippen LogP contribution in [0.15, 0.2) is 18.2 Å². The molecule has 4 nitrogen and oxygen atoms in total. The van der Waals surface area contributed by atoms with E-state index in [0.717, 1.165) is 25.2 Å². The molecule has 0 aliphatic rings. The summed E-state index contributed by atoms with van der Waals surface area (Å²) < 4.78 is 0. The normalized spacial score (nSPS) is 10.8. The van der Waals surface area contributed by atoms with Crippen LogP contribution in [0.4, 0.5) is 5.69 Å². The number of carbonyl (C=O) groups excluding carboxylic acids is 1. The Labute approximate surface area is 109 Å². The number of amides is 1. The number of benzene rings is 1. The van der Waals surface area contributed by atoms with E-state index < -0.39 is 5.91 Å². The largest absolute Gasteiger partial charge is 0.398 e. The number of nitrogens with two attached hydrogens (primary N) is 2. The number of carbonyl (C=O) groups is 1. The van der Waals surface area contributed by atoms with Crippen molar-refractivity contribution in [3.05, 3.63) is 29.3 Å². The van der Waals surface area contributed by atoms with Crippen molar-refractivity contribution in [1.29, 1.82) is 0 Å². The smallest absolute Gasteiger partial charge is 0.248 e. The number of anilines is 1. The predicted octanol–water partition coefficient (Wildman–Crippen LogP) is 1.99. The van der Waals surface area contributed by atoms with E-state index in [1.54, 1.807) is 12.1 Å². The Balaban J connectivity index is 2.74. The summed E-state index contributed by atoms with van der Waals surface area (Å²) in [6, 6.07) is 5.29. The lowest BCUT2D eigenvalue weighted by Crippen LogP contribution is -2.24. The molecule has 0 saturated carbocycles. The van der Waals surface area contributed by atoms with Gasteiger partial charge in [0.2, 0.25) is 5.91 Å². The van der Waals surface area contributed by atoms with E-state index in [9.17, 15) is 4.79 Å². The van der Waals surface area contributed by atoms with Crippen molar-refractivity contribution in [2.75, 3.05) is 18.8 Å². The van der Waals surface area contributed by atoms with Gasteiger partial charge in [0.15, 0.2) is 0 Å². The van der Waals surface area contributed by atoms with Crippen molar-refractivity contribution in [2.45, 2.75) is 33.2 Å². The van der Waals surface area contributed by atoms with Crippen molar-refractivity contribution in [3.63, 3.8) is 0 Å². The highest BCUT2D eigenvalue weighted by Gasteiger charge is 2.08. The first-order valence-electron chi connectivity index (χ1n) is 6.49. The zero-order chi connectivity index (χ0) is 13.5. The minimum atomic E-state index is -0.438. The molecule has 0 fully saturated rings. The third kappa shape index (κ3) is 4.04. The second-order valence-electron chi connectivity index (χ2n) is 4.50. The molecule has 0 bridgehead atoms. The Morgan fingerprint density at radius 1 is 1.33 bits per heavy atom. The molecule has 18 heavy (non-hydrogen) atoms. The van der Waals surface area contributed by atoms with E-state index in [2.05, 4.69) is 18.7 Å². The fraction of sp³-hybridized carbons (Fsp3) is 0.500. The predicted molar refractivity (Wildman–Crippen MR) is 75.2 cm³/mol. The van der Waals surface area contributed by atoms with Crippen LogP contribution in [0.25, 0.3) is 0 Å². The maximum atomic E-state index is 11.0. The molecule has 0 aliphatic heterocycles. The molecule has 1 amide bonds. The Morgan fingerprint density at radius 3 is 2.56 bits per heavy atom. The monoisotopic (exact) mass is 249 g/mol. The van der Waals surface area contributed by atoms with Gasteiger partial charge in [0.05, 0.1) is 0 Å². The molecule has 1 aromatic rings. The number of hydrogen-bond acceptors (Lipinski definition) is 3. The quantitative estimate of drug-likeness (QED) is 0.726. The van der Waals surface area contributed by atoms with E-state index in [1.165, 1.54) is 12.8 Å². The molecule has 4 heteroatoms. The molecule has 0 aliphatic carbocycles. The third-order valence-electron chi connectivity index (χ3n) is 3.10. The molecule has 0 atom stereocenters. The zero-order valence-corrected chi connectivity index (χ0v) is 11.3. The molecule has 0 heterocycles. The van der Waals surface area contributed by atoms with Crippen LogP contribution in [0.2, 0.25) is 0 Å². The molecule has 0 saturated heterocycles. The molecular weight excluding hydrogens is 226 g/mol. The van der Waals surface area contributed by atoms with Gasteiger partial charge in [-0.1, -0.05) is 26.3 Å². The topological polar surface area (TPSA) is 72.3 Å². The van der Waals surface area contributed by atoms with Crippen LogP contribution in [0.3, 0.4) is 0 Å². The number of nitrogens with zero attached hydrogens (tertiary/aromatic N) is 1. The van der Waals surface area contributed by atoms with E-state index in [4.69, 9.17) is 11.5 Å². The number of nitrogen functional groups attached to an aromatic ring is 1. The fourth-order valence-corrected chi connectivity index (χ4v) is 1.86. The maximum absolute atomic E-state index is 11.0. The zero-order valence-electron chi connectivity index (χ0n) is 11.3. The van der Waals surface area contributed by atoms with Gasteiger partial charge in [-0.3, -0.25) is 9.69 Å². The fourth-order valence-electron chi connectivity index (χ4n) is 1.86. The van der Waals surface area contributed by atoms with Gasteiger partial charge in [-0.2, -0.15) is 0 Å². The van der Waals surface area contributed by atoms with Crippen molar-refractivity contribution in [3.8, 4) is 0 Å². The molecule has 1 aromatic carbocycles. The molecule has 100 valence electrons. The van der Waals surface area contributed by atoms with Crippen molar-refractivity contribution in [2.24, 2.45) is 5.73 Å². The lowest BCUT2D eigenvalue weighted by atomic mass is 10.1. The molecule has 0 spiro atoms. The lowest BCUT2D eigenvalue weighted by molar-refractivity contribution is 0.100. The lowest BCUT2D eigenvalue weighted by Gasteiger charge is -2.21. The summed E-state index contributed by atoms with van der Waals surface area (Å²) in [7, 11) is 0. The van der Waals surface area contributed by atoms with Crippen molar-refractivity contribution in [1.82, 2.24) is 4.90 Å². The van der Waals surface area contributed by atoms with Gasteiger partial charge < -0.3 is 11.5 Å². The molecule has 0 aromatic heterocycles. The highest BCUT2D eigenvalue weighted by Crippen LogP contribution is 2.16. The van der Waals surface area contributed by atoms with Crippen LogP contribution in [0.5, 0.6) is 0 Å². The number of primary amides is 1. The van der Waals surface area contributed by atoms with E-state index in [1.807, 2.05) is 6.07 Å². The van der Waals surface area contributed by atoms with E-state index in [0.29, 0.717) is 11.3 Å². The van der Waals surface area contributed by atoms with Gasteiger partial charge in [0, 0.05) is 17.8 Å². The highest BCUT2D eigenvalue weighted by molar-refractivity contribution is 5.93. The second-order valence-corrected chi connectivity index (χ2v) is 4.50. The molecule has 4 N–H and O–H groups in total. The first-order valence-corrected chi connectivity index (χ1v) is 6.49. The molecule has 0 radical (unpaired) electrons. The summed E-state index contributed by atoms with van der Waals surface area (Å²) >= 11 is 0. The van der Waals surface area contributed by atoms with E-state index in [-0.39, 0.29) is 0 Å². The van der Waals surface area contributed by atoms with Crippen LogP contribution in [0.1, 0.15) is 42.6 Å². The van der Waals surface area contributed by atoms with Crippen molar-refractivity contribution < 1.29 is 4.79 Å². The summed E-state index contributed by atoms with van der Waals surface area (Å²) in [5, 5.41) is 0. The minimum Gasteiger partial charge on any atom is -0.398 e. The van der Waals surface area contributed by atoms with Gasteiger partial charge in [-0.25, -0.2) is 0 Å². The average Bonchev–Trinajstić information content (AvgIpc) is 2.35. The van der Waals surface area contributed by atoms with Crippen LogP contribution < -0.4 is 11.5 Å². The highest BCUT2D eigenvalue weighted by atomic mass is 16.1. The van der Waals surface area contributed by atoms with E-state index >= 15 is 0 Å². The molecule has 1 rings (SSSR count). The summed E-state index contributed by atoms with van der Waals surface area (Å²) in [5.41, 5.74) is 13.3. The number of unbranched alkanes of at least 4 members (excludes halogenated alkanes) is 1. The number of rotatable bonds is 7. The van der Waals surface area contributed by atoms with Crippen LogP contribution in [-0.4, -0.2) is 23.9 Å². The summed E-state index contributed by atoms with van der Waals surface area (Å²) in [5.74, 6) is -0.438. The SMILES string of the molecule is CCCCN(CC)Cc1ccc(C(N)=O)cc1N. The summed E-state index contributed by atoms with van der Waals surface area (Å²) in [6.45, 7) is 7.22. The van der Waals surface area contributed by atoms with Gasteiger partial charge in [-0.05, 0) is 37.2 Å². The summed E-state index contributed by atoms with van der Waals surface area (Å²) in [6.07, 6.45) is 2.37. The molecular formula is C14H23N3O. The van der Waals surface area contributed by atoms with Gasteiger partial charge in [0.25, 0.3) is 0 Å². The first kappa shape index (κ1) is 14.5. The van der Waals surface area contributed by atoms with Crippen LogP contribution >= 0.6 is 0 Å². The average molecular weight is 249 g/mol. The van der Waals surface area contributed by atoms with Crippen LogP contribution in [0, 0.1) is 0 Å². The van der Waals surface area contributed by atoms with Gasteiger partial charge in [0.1, 0.15) is 0 Å². The Kier molecular flexibility index (Phi) is 5.65. The first-order chi connectivity index (χ1) is 8.58. The molecule has 0 unspecified atom stereocenters. The van der Waals surface area contributed by atoms with Gasteiger partial charge >= 0.3 is 0 Å². The summed E-state index contributed by atoms with van der Waals surface area (Å²) in [4.78, 5) is 13.4.